The van der Waals surface area contributed by atoms with E-state index in [4.69, 9.17) is 0 Å². The first kappa shape index (κ1) is 17.8. The highest BCUT2D eigenvalue weighted by molar-refractivity contribution is 5.93. The van der Waals surface area contributed by atoms with Gasteiger partial charge >= 0.3 is 11.7 Å². The number of hydrogen-bond acceptors (Lipinski definition) is 6. The normalized spacial score (nSPS) is 10.0. The molecule has 0 atom stereocenters. The minimum absolute atomic E-state index is 0.0149. The maximum Gasteiger partial charge on any atom is 0.341 e. The topological polar surface area (TPSA) is 111 Å². The lowest BCUT2D eigenvalue weighted by atomic mass is 10.1. The Bertz CT molecular complexity index is 1020. The Morgan fingerprint density at radius 3 is 2.48 bits per heavy atom. The van der Waals surface area contributed by atoms with Crippen LogP contribution in [0.5, 0.6) is 11.6 Å². The van der Waals surface area contributed by atoms with Crippen LogP contribution in [0.4, 0.5) is 0 Å². The second-order valence-corrected chi connectivity index (χ2v) is 5.17. The van der Waals surface area contributed by atoms with Crippen molar-refractivity contribution in [2.75, 3.05) is 7.11 Å². The zero-order valence-electron chi connectivity index (χ0n) is 13.8. The van der Waals surface area contributed by atoms with Crippen LogP contribution in [0, 0.1) is 0 Å². The van der Waals surface area contributed by atoms with Gasteiger partial charge in [-0.2, -0.15) is 0 Å². The highest BCUT2D eigenvalue weighted by Crippen LogP contribution is 2.20. The lowest BCUT2D eigenvalue weighted by Gasteiger charge is -2.06. The molecular weight excluding hydrogens is 328 g/mol. The number of phenols is 1. The molecule has 2 N–H and O–H groups in total. The first-order valence-electron chi connectivity index (χ1n) is 7.10. The predicted octanol–water partition coefficient (Wildman–Crippen LogP) is 0.607. The fourth-order valence-corrected chi connectivity index (χ4v) is 2.12. The van der Waals surface area contributed by atoms with E-state index in [1.807, 2.05) is 0 Å². The van der Waals surface area contributed by atoms with E-state index < -0.39 is 23.1 Å². The quantitative estimate of drug-likeness (QED) is 0.623. The summed E-state index contributed by atoms with van der Waals surface area (Å²) in [4.78, 5) is 35.3. The number of methoxy groups -OCH3 is 1. The fraction of sp³-hybridized carbons (Fsp3) is 0.176. The maximum absolute atomic E-state index is 12.0. The molecule has 1 aromatic heterocycles. The number of benzene rings is 1. The van der Waals surface area contributed by atoms with E-state index >= 15 is 0 Å². The van der Waals surface area contributed by atoms with Crippen molar-refractivity contribution in [3.8, 4) is 11.6 Å². The molecule has 0 unspecified atom stereocenters. The average Bonchev–Trinajstić information content (AvgIpc) is 2.61. The van der Waals surface area contributed by atoms with Crippen LogP contribution < -0.4 is 11.2 Å². The number of phenolic OH excluding ortho intramolecular Hbond substituents is 1. The number of carbonyl (C=O) groups is 1. The molecule has 0 spiro atoms. The van der Waals surface area contributed by atoms with Gasteiger partial charge in [-0.05, 0) is 29.8 Å². The van der Waals surface area contributed by atoms with Crippen LogP contribution in [0.15, 0.2) is 33.5 Å². The summed E-state index contributed by atoms with van der Waals surface area (Å²) in [5.74, 6) is -1.39. The van der Waals surface area contributed by atoms with Crippen LogP contribution in [0.25, 0.3) is 12.2 Å². The van der Waals surface area contributed by atoms with Gasteiger partial charge in [0.15, 0.2) is 0 Å². The van der Waals surface area contributed by atoms with Crippen LogP contribution in [-0.4, -0.2) is 32.4 Å². The van der Waals surface area contributed by atoms with Crippen LogP contribution >= 0.6 is 0 Å². The Morgan fingerprint density at radius 2 is 1.84 bits per heavy atom. The molecule has 1 aromatic carbocycles. The largest absolute Gasteiger partial charge is 0.507 e. The highest BCUT2D eigenvalue weighted by atomic mass is 16.5. The number of hydrogen-bond donors (Lipinski definition) is 2. The van der Waals surface area contributed by atoms with E-state index in [9.17, 15) is 24.6 Å². The van der Waals surface area contributed by atoms with E-state index in [1.54, 1.807) is 0 Å². The molecule has 0 aliphatic rings. The van der Waals surface area contributed by atoms with Crippen LogP contribution in [0.1, 0.15) is 21.5 Å². The smallest absolute Gasteiger partial charge is 0.341 e. The maximum atomic E-state index is 12.0. The monoisotopic (exact) mass is 344 g/mol. The Morgan fingerprint density at radius 1 is 1.16 bits per heavy atom. The highest BCUT2D eigenvalue weighted by Gasteiger charge is 2.12. The number of ether oxygens (including phenoxy) is 1. The molecule has 25 heavy (non-hydrogen) atoms. The zero-order valence-corrected chi connectivity index (χ0v) is 13.8. The fourth-order valence-electron chi connectivity index (χ4n) is 2.12. The number of esters is 1. The number of nitrogens with zero attached hydrogens (tertiary/aromatic N) is 2. The standard InChI is InChI=1S/C17H16N2O6/c1-18-14(21)11(15(22)19(2)17(18)24)6-4-5-10-7-8-13(20)12(9-10)16(23)25-3/h5-9,20-21H,1-3H3. The summed E-state index contributed by atoms with van der Waals surface area (Å²) in [6.07, 6.45) is 2.66. The van der Waals surface area contributed by atoms with Crippen molar-refractivity contribution in [1.82, 2.24) is 9.13 Å². The predicted molar refractivity (Wildman–Crippen MR) is 90.5 cm³/mol. The number of aromatic hydroxyl groups is 2. The first-order valence-corrected chi connectivity index (χ1v) is 7.10. The lowest BCUT2D eigenvalue weighted by Crippen LogP contribution is -2.37. The SMILES string of the molecule is COC(=O)c1cc(C=C=Cc2c(O)n(C)c(=O)n(C)c2=O)ccc1O. The molecule has 0 bridgehead atoms. The van der Waals surface area contributed by atoms with Crippen molar-refractivity contribution in [2.24, 2.45) is 14.1 Å². The second kappa shape index (κ2) is 6.94. The Labute approximate surface area is 142 Å². The minimum atomic E-state index is -0.693. The number of carbonyl (C=O) groups excluding carboxylic acids is 1. The van der Waals surface area contributed by atoms with Gasteiger partial charge in [0.25, 0.3) is 5.56 Å². The van der Waals surface area contributed by atoms with Crippen LogP contribution in [0.2, 0.25) is 0 Å². The molecule has 0 saturated heterocycles. The average molecular weight is 344 g/mol. The number of rotatable bonds is 3. The zero-order chi connectivity index (χ0) is 18.7. The Hall–Kier alpha value is -3.51. The van der Waals surface area contributed by atoms with Crippen molar-refractivity contribution >= 4 is 18.1 Å². The van der Waals surface area contributed by atoms with E-state index in [2.05, 4.69) is 10.5 Å². The van der Waals surface area contributed by atoms with E-state index in [0.29, 0.717) is 5.56 Å². The molecule has 2 rings (SSSR count). The third-order valence-corrected chi connectivity index (χ3v) is 3.57. The van der Waals surface area contributed by atoms with Gasteiger partial charge in [-0.15, -0.1) is 5.73 Å². The minimum Gasteiger partial charge on any atom is -0.507 e. The summed E-state index contributed by atoms with van der Waals surface area (Å²) >= 11 is 0. The van der Waals surface area contributed by atoms with E-state index in [-0.39, 0.29) is 16.9 Å². The van der Waals surface area contributed by atoms with E-state index in [1.165, 1.54) is 51.6 Å². The molecule has 130 valence electrons. The molecular formula is C17H16N2O6. The van der Waals surface area contributed by atoms with Crippen molar-refractivity contribution in [3.63, 3.8) is 0 Å². The molecule has 2 aromatic rings. The lowest BCUT2D eigenvalue weighted by molar-refractivity contribution is 0.0597. The van der Waals surface area contributed by atoms with Crippen LogP contribution in [0.3, 0.4) is 0 Å². The first-order chi connectivity index (χ1) is 11.8. The molecule has 0 aliphatic carbocycles. The molecule has 0 radical (unpaired) electrons. The second-order valence-electron chi connectivity index (χ2n) is 5.17. The van der Waals surface area contributed by atoms with Crippen molar-refractivity contribution < 1.29 is 19.7 Å². The summed E-state index contributed by atoms with van der Waals surface area (Å²) in [7, 11) is 3.83. The third-order valence-electron chi connectivity index (χ3n) is 3.57. The van der Waals surface area contributed by atoms with Gasteiger partial charge in [0.2, 0.25) is 5.88 Å². The Kier molecular flexibility index (Phi) is 4.95. The molecule has 1 heterocycles. The summed E-state index contributed by atoms with van der Waals surface area (Å²) in [5, 5.41) is 19.6. The van der Waals surface area contributed by atoms with Gasteiger partial charge in [0.05, 0.1) is 7.11 Å². The van der Waals surface area contributed by atoms with E-state index in [0.717, 1.165) is 9.13 Å². The molecule has 8 heteroatoms. The molecule has 0 saturated carbocycles. The Balaban J connectivity index is 2.49. The molecule has 0 amide bonds. The number of aromatic nitrogens is 2. The summed E-state index contributed by atoms with van der Waals surface area (Å²) in [6, 6.07) is 4.24. The molecule has 8 nitrogen and oxygen atoms in total. The molecule has 0 aliphatic heterocycles. The van der Waals surface area contributed by atoms with Gasteiger partial charge in [-0.3, -0.25) is 13.9 Å². The summed E-state index contributed by atoms with van der Waals surface area (Å²) < 4.78 is 6.36. The van der Waals surface area contributed by atoms with Gasteiger partial charge in [0.1, 0.15) is 16.9 Å². The van der Waals surface area contributed by atoms with Gasteiger partial charge in [-0.25, -0.2) is 9.59 Å². The third kappa shape index (κ3) is 3.39. The molecule has 0 fully saturated rings. The van der Waals surface area contributed by atoms with Crippen molar-refractivity contribution in [1.29, 1.82) is 0 Å². The summed E-state index contributed by atoms with van der Waals surface area (Å²) in [6.45, 7) is 0. The van der Waals surface area contributed by atoms with Gasteiger partial charge in [-0.1, -0.05) is 6.07 Å². The van der Waals surface area contributed by atoms with Gasteiger partial charge in [0, 0.05) is 14.1 Å². The van der Waals surface area contributed by atoms with Gasteiger partial charge < -0.3 is 14.9 Å². The van der Waals surface area contributed by atoms with Crippen molar-refractivity contribution in [3.05, 3.63) is 61.5 Å². The van der Waals surface area contributed by atoms with Crippen LogP contribution in [-0.2, 0) is 18.8 Å². The summed E-state index contributed by atoms with van der Waals surface area (Å²) in [5.41, 5.74) is 1.78. The van der Waals surface area contributed by atoms with Crippen molar-refractivity contribution in [2.45, 2.75) is 0 Å².